The van der Waals surface area contributed by atoms with Gasteiger partial charge in [0, 0.05) is 15.5 Å². The van der Waals surface area contributed by atoms with Gasteiger partial charge in [0.05, 0.1) is 11.7 Å². The van der Waals surface area contributed by atoms with Gasteiger partial charge in [0.2, 0.25) is 0 Å². The van der Waals surface area contributed by atoms with E-state index in [4.69, 9.17) is 16.3 Å². The highest BCUT2D eigenvalue weighted by Crippen LogP contribution is 2.33. The van der Waals surface area contributed by atoms with E-state index in [9.17, 15) is 9.59 Å². The number of aromatic nitrogens is 2. The number of carbonyl (C=O) groups excluding carboxylic acids is 1. The molecule has 7 heteroatoms. The van der Waals surface area contributed by atoms with E-state index < -0.39 is 5.97 Å². The minimum atomic E-state index is -0.489. The Morgan fingerprint density at radius 2 is 2.08 bits per heavy atom. The molecule has 0 fully saturated rings. The molecular formula is C19H17ClN2O3S. The quantitative estimate of drug-likeness (QED) is 0.639. The second kappa shape index (κ2) is 7.21. The summed E-state index contributed by atoms with van der Waals surface area (Å²) in [6.07, 6.45) is 5.60. The molecular weight excluding hydrogens is 372 g/mol. The Morgan fingerprint density at radius 3 is 2.92 bits per heavy atom. The summed E-state index contributed by atoms with van der Waals surface area (Å²) < 4.78 is 6.60. The van der Waals surface area contributed by atoms with Crippen LogP contribution >= 0.6 is 22.9 Å². The molecule has 5 nitrogen and oxygen atoms in total. The van der Waals surface area contributed by atoms with Crippen molar-refractivity contribution in [2.45, 2.75) is 38.8 Å². The molecule has 134 valence electrons. The van der Waals surface area contributed by atoms with Crippen LogP contribution in [-0.4, -0.2) is 15.5 Å². The molecule has 0 spiro atoms. The maximum Gasteiger partial charge on any atom is 0.326 e. The van der Waals surface area contributed by atoms with E-state index in [1.165, 1.54) is 15.8 Å². The number of hydrogen-bond acceptors (Lipinski definition) is 5. The standard InChI is InChI=1S/C19H17ClN2O3S/c20-14-7-3-1-5-12(14)10-25-16(23)9-22-11-21-18-17(19(22)24)13-6-2-4-8-15(13)26-18/h1,3,5,7,11H,2,4,6,8-10H2. The van der Waals surface area contributed by atoms with E-state index in [0.717, 1.165) is 41.6 Å². The first-order valence-electron chi connectivity index (χ1n) is 8.52. The molecule has 0 saturated heterocycles. The molecule has 0 bridgehead atoms. The van der Waals surface area contributed by atoms with Crippen molar-refractivity contribution in [3.05, 3.63) is 62.0 Å². The first kappa shape index (κ1) is 17.2. The second-order valence-electron chi connectivity index (χ2n) is 6.32. The predicted octanol–water partition coefficient (Wildman–Crippen LogP) is 3.73. The Kier molecular flexibility index (Phi) is 4.78. The number of thiophene rings is 1. The van der Waals surface area contributed by atoms with Crippen LogP contribution in [0.2, 0.25) is 5.02 Å². The Morgan fingerprint density at radius 1 is 1.27 bits per heavy atom. The molecule has 2 aromatic heterocycles. The number of fused-ring (bicyclic) bond motifs is 3. The van der Waals surface area contributed by atoms with Gasteiger partial charge in [0.1, 0.15) is 18.0 Å². The Bertz CT molecular complexity index is 1040. The van der Waals surface area contributed by atoms with E-state index >= 15 is 0 Å². The molecule has 0 amide bonds. The Balaban J connectivity index is 1.53. The molecule has 2 heterocycles. The van der Waals surface area contributed by atoms with Gasteiger partial charge < -0.3 is 4.74 Å². The summed E-state index contributed by atoms with van der Waals surface area (Å²) in [4.78, 5) is 31.4. The molecule has 0 saturated carbocycles. The van der Waals surface area contributed by atoms with Crippen molar-refractivity contribution >= 4 is 39.1 Å². The highest BCUT2D eigenvalue weighted by Gasteiger charge is 2.20. The van der Waals surface area contributed by atoms with Crippen molar-refractivity contribution in [2.75, 3.05) is 0 Å². The SMILES string of the molecule is O=C(Cn1cnc2sc3c(c2c1=O)CCCC3)OCc1ccccc1Cl. The highest BCUT2D eigenvalue weighted by molar-refractivity contribution is 7.18. The summed E-state index contributed by atoms with van der Waals surface area (Å²) in [5.74, 6) is -0.489. The molecule has 26 heavy (non-hydrogen) atoms. The summed E-state index contributed by atoms with van der Waals surface area (Å²) in [5, 5.41) is 1.22. The van der Waals surface area contributed by atoms with Crippen LogP contribution in [0.5, 0.6) is 0 Å². The third-order valence-electron chi connectivity index (χ3n) is 4.59. The number of hydrogen-bond donors (Lipinski definition) is 0. The van der Waals surface area contributed by atoms with Gasteiger partial charge in [-0.1, -0.05) is 29.8 Å². The zero-order valence-electron chi connectivity index (χ0n) is 14.0. The van der Waals surface area contributed by atoms with E-state index in [1.54, 1.807) is 23.5 Å². The van der Waals surface area contributed by atoms with Gasteiger partial charge in [0.25, 0.3) is 5.56 Å². The van der Waals surface area contributed by atoms with Gasteiger partial charge in [0.15, 0.2) is 0 Å². The lowest BCUT2D eigenvalue weighted by molar-refractivity contribution is -0.145. The van der Waals surface area contributed by atoms with Crippen LogP contribution in [-0.2, 0) is 35.5 Å². The predicted molar refractivity (Wildman–Crippen MR) is 102 cm³/mol. The average molecular weight is 389 g/mol. The van der Waals surface area contributed by atoms with E-state index in [1.807, 2.05) is 12.1 Å². The summed E-state index contributed by atoms with van der Waals surface area (Å²) in [5.41, 5.74) is 1.69. The summed E-state index contributed by atoms with van der Waals surface area (Å²) in [6, 6.07) is 7.19. The molecule has 0 unspecified atom stereocenters. The first-order chi connectivity index (χ1) is 12.6. The fourth-order valence-electron chi connectivity index (χ4n) is 3.25. The van der Waals surface area contributed by atoms with Crippen molar-refractivity contribution < 1.29 is 9.53 Å². The van der Waals surface area contributed by atoms with Gasteiger partial charge in [-0.15, -0.1) is 11.3 Å². The third-order valence-corrected chi connectivity index (χ3v) is 6.16. The van der Waals surface area contributed by atoms with Crippen molar-refractivity contribution in [2.24, 2.45) is 0 Å². The van der Waals surface area contributed by atoms with E-state index in [2.05, 4.69) is 4.98 Å². The minimum absolute atomic E-state index is 0.0801. The fraction of sp³-hybridized carbons (Fsp3) is 0.316. The number of carbonyl (C=O) groups is 1. The number of esters is 1. The topological polar surface area (TPSA) is 61.2 Å². The van der Waals surface area contributed by atoms with Crippen molar-refractivity contribution in [3.63, 3.8) is 0 Å². The molecule has 1 aromatic carbocycles. The van der Waals surface area contributed by atoms with Gasteiger partial charge >= 0.3 is 5.97 Å². The lowest BCUT2D eigenvalue weighted by Gasteiger charge is -2.10. The lowest BCUT2D eigenvalue weighted by Crippen LogP contribution is -2.26. The number of rotatable bonds is 4. The monoisotopic (exact) mass is 388 g/mol. The largest absolute Gasteiger partial charge is 0.459 e. The molecule has 0 N–H and O–H groups in total. The summed E-state index contributed by atoms with van der Waals surface area (Å²) >= 11 is 7.65. The Hall–Kier alpha value is -2.18. The molecule has 0 atom stereocenters. The van der Waals surface area contributed by atoms with Crippen LogP contribution in [0.3, 0.4) is 0 Å². The van der Waals surface area contributed by atoms with Gasteiger partial charge in [-0.2, -0.15) is 0 Å². The van der Waals surface area contributed by atoms with Crippen molar-refractivity contribution in [1.29, 1.82) is 0 Å². The normalized spacial score (nSPS) is 13.6. The highest BCUT2D eigenvalue weighted by atomic mass is 35.5. The molecule has 0 radical (unpaired) electrons. The van der Waals surface area contributed by atoms with E-state index in [0.29, 0.717) is 10.4 Å². The zero-order chi connectivity index (χ0) is 18.1. The molecule has 0 aliphatic heterocycles. The molecule has 1 aliphatic rings. The van der Waals surface area contributed by atoms with Crippen LogP contribution in [0.25, 0.3) is 10.2 Å². The number of nitrogens with zero attached hydrogens (tertiary/aromatic N) is 2. The van der Waals surface area contributed by atoms with Gasteiger partial charge in [-0.05, 0) is 37.3 Å². The molecule has 3 aromatic rings. The summed E-state index contributed by atoms with van der Waals surface area (Å²) in [6.45, 7) is -0.0758. The maximum atomic E-state index is 12.8. The fourth-order valence-corrected chi connectivity index (χ4v) is 4.66. The van der Waals surface area contributed by atoms with Crippen LogP contribution in [0, 0.1) is 0 Å². The van der Waals surface area contributed by atoms with Gasteiger partial charge in [-0.25, -0.2) is 4.98 Å². The minimum Gasteiger partial charge on any atom is -0.459 e. The van der Waals surface area contributed by atoms with E-state index in [-0.39, 0.29) is 18.7 Å². The number of halogens is 1. The van der Waals surface area contributed by atoms with Crippen LogP contribution in [0.4, 0.5) is 0 Å². The third kappa shape index (κ3) is 3.27. The van der Waals surface area contributed by atoms with Crippen LogP contribution in [0.1, 0.15) is 28.8 Å². The smallest absolute Gasteiger partial charge is 0.326 e. The summed E-state index contributed by atoms with van der Waals surface area (Å²) in [7, 11) is 0. The number of ether oxygens (including phenoxy) is 1. The first-order valence-corrected chi connectivity index (χ1v) is 9.71. The van der Waals surface area contributed by atoms with Crippen LogP contribution < -0.4 is 5.56 Å². The van der Waals surface area contributed by atoms with Gasteiger partial charge in [-0.3, -0.25) is 14.2 Å². The van der Waals surface area contributed by atoms with Crippen molar-refractivity contribution in [3.8, 4) is 0 Å². The Labute approximate surface area is 159 Å². The second-order valence-corrected chi connectivity index (χ2v) is 7.81. The zero-order valence-corrected chi connectivity index (χ0v) is 15.6. The molecule has 4 rings (SSSR count). The van der Waals surface area contributed by atoms with Crippen LogP contribution in [0.15, 0.2) is 35.4 Å². The number of aryl methyl sites for hydroxylation is 2. The maximum absolute atomic E-state index is 12.8. The molecule has 1 aliphatic carbocycles. The average Bonchev–Trinajstić information content (AvgIpc) is 3.03. The number of benzene rings is 1. The van der Waals surface area contributed by atoms with Crippen molar-refractivity contribution in [1.82, 2.24) is 9.55 Å². The lowest BCUT2D eigenvalue weighted by atomic mass is 9.97.